The van der Waals surface area contributed by atoms with E-state index in [2.05, 4.69) is 5.32 Å². The quantitative estimate of drug-likeness (QED) is 0.749. The summed E-state index contributed by atoms with van der Waals surface area (Å²) in [6.45, 7) is 0. The molecule has 0 unspecified atom stereocenters. The Morgan fingerprint density at radius 1 is 1.42 bits per heavy atom. The highest BCUT2D eigenvalue weighted by Gasteiger charge is 2.38. The van der Waals surface area contributed by atoms with Crippen molar-refractivity contribution in [2.45, 2.75) is 31.2 Å². The zero-order valence-electron chi connectivity index (χ0n) is 10.3. The fraction of sp³-hybridized carbons (Fsp3) is 0.385. The molecular weight excluding hydrogens is 284 g/mol. The highest BCUT2D eigenvalue weighted by Crippen LogP contribution is 2.31. The Labute approximate surface area is 121 Å². The van der Waals surface area contributed by atoms with Crippen molar-refractivity contribution < 1.29 is 9.90 Å². The van der Waals surface area contributed by atoms with Gasteiger partial charge in [-0.25, -0.2) is 0 Å². The van der Waals surface area contributed by atoms with E-state index in [-0.39, 0.29) is 22.2 Å². The molecule has 1 aromatic rings. The summed E-state index contributed by atoms with van der Waals surface area (Å²) in [5, 5.41) is 12.6. The maximum atomic E-state index is 12.3. The molecule has 4 N–H and O–H groups in total. The molecule has 1 aromatic carbocycles. The van der Waals surface area contributed by atoms with Crippen molar-refractivity contribution in [1.29, 1.82) is 0 Å². The molecule has 0 bridgehead atoms. The highest BCUT2D eigenvalue weighted by atomic mass is 35.5. The maximum Gasteiger partial charge on any atom is 0.253 e. The molecule has 102 valence electrons. The predicted octanol–water partition coefficient (Wildman–Crippen LogP) is 2.37. The van der Waals surface area contributed by atoms with Crippen LogP contribution in [-0.2, 0) is 0 Å². The third-order valence-corrected chi connectivity index (χ3v) is 4.20. The van der Waals surface area contributed by atoms with Gasteiger partial charge in [-0.1, -0.05) is 36.7 Å². The molecule has 1 saturated carbocycles. The number of aromatic hydroxyl groups is 1. The number of carbonyl (C=O) groups excluding carboxylic acids is 1. The van der Waals surface area contributed by atoms with Crippen LogP contribution in [0.4, 0.5) is 0 Å². The zero-order valence-corrected chi connectivity index (χ0v) is 11.9. The summed E-state index contributed by atoms with van der Waals surface area (Å²) in [6, 6.07) is 4.24. The van der Waals surface area contributed by atoms with Crippen molar-refractivity contribution in [2.24, 2.45) is 5.73 Å². The lowest BCUT2D eigenvalue weighted by Gasteiger charge is -2.29. The molecule has 2 rings (SSSR count). The summed E-state index contributed by atoms with van der Waals surface area (Å²) in [5.41, 5.74) is 5.36. The van der Waals surface area contributed by atoms with Crippen LogP contribution in [0.3, 0.4) is 0 Å². The Balaban J connectivity index is 2.25. The number of rotatable bonds is 3. The minimum absolute atomic E-state index is 0.00894. The highest BCUT2D eigenvalue weighted by molar-refractivity contribution is 7.80. The molecule has 1 aliphatic carbocycles. The zero-order chi connectivity index (χ0) is 14.0. The Bertz CT molecular complexity index is 527. The van der Waals surface area contributed by atoms with Crippen LogP contribution in [0.2, 0.25) is 5.02 Å². The second-order valence-electron chi connectivity index (χ2n) is 4.77. The minimum atomic E-state index is -0.624. The number of phenols is 1. The van der Waals surface area contributed by atoms with E-state index in [1.165, 1.54) is 18.2 Å². The molecule has 0 aliphatic heterocycles. The molecule has 1 amide bonds. The summed E-state index contributed by atoms with van der Waals surface area (Å²) in [4.78, 5) is 12.6. The Morgan fingerprint density at radius 2 is 2.05 bits per heavy atom. The van der Waals surface area contributed by atoms with E-state index in [4.69, 9.17) is 29.6 Å². The van der Waals surface area contributed by atoms with Crippen molar-refractivity contribution >= 4 is 34.7 Å². The van der Waals surface area contributed by atoms with Crippen molar-refractivity contribution in [3.05, 3.63) is 28.8 Å². The average molecular weight is 299 g/mol. The van der Waals surface area contributed by atoms with Crippen molar-refractivity contribution in [3.8, 4) is 5.75 Å². The van der Waals surface area contributed by atoms with Crippen LogP contribution in [0, 0.1) is 0 Å². The van der Waals surface area contributed by atoms with Gasteiger partial charge in [0.15, 0.2) is 0 Å². The van der Waals surface area contributed by atoms with Gasteiger partial charge in [-0.3, -0.25) is 4.79 Å². The summed E-state index contributed by atoms with van der Waals surface area (Å²) < 4.78 is 0. The number of halogens is 1. The van der Waals surface area contributed by atoms with E-state index in [1.54, 1.807) is 0 Å². The van der Waals surface area contributed by atoms with Crippen LogP contribution in [-0.4, -0.2) is 21.5 Å². The van der Waals surface area contributed by atoms with Crippen molar-refractivity contribution in [1.82, 2.24) is 5.32 Å². The fourth-order valence-electron chi connectivity index (χ4n) is 2.38. The third-order valence-electron chi connectivity index (χ3n) is 3.48. The summed E-state index contributed by atoms with van der Waals surface area (Å²) in [6.07, 6.45) is 3.44. The van der Waals surface area contributed by atoms with Crippen LogP contribution in [0.5, 0.6) is 5.75 Å². The van der Waals surface area contributed by atoms with Gasteiger partial charge in [0, 0.05) is 0 Å². The molecule has 6 heteroatoms. The van der Waals surface area contributed by atoms with Crippen LogP contribution in [0.1, 0.15) is 36.0 Å². The lowest BCUT2D eigenvalue weighted by atomic mass is 9.97. The third kappa shape index (κ3) is 2.82. The molecule has 1 aliphatic rings. The molecule has 1 fully saturated rings. The molecule has 0 saturated heterocycles. The maximum absolute atomic E-state index is 12.3. The number of amides is 1. The Hall–Kier alpha value is -1.33. The van der Waals surface area contributed by atoms with Crippen LogP contribution < -0.4 is 11.1 Å². The van der Waals surface area contributed by atoms with E-state index in [9.17, 15) is 9.90 Å². The van der Waals surface area contributed by atoms with E-state index in [0.29, 0.717) is 4.99 Å². The molecule has 0 radical (unpaired) electrons. The topological polar surface area (TPSA) is 75.3 Å². The SMILES string of the molecule is NC(=S)C1(NC(=O)c2cc(O)ccc2Cl)CCCC1. The number of carbonyl (C=O) groups is 1. The largest absolute Gasteiger partial charge is 0.508 e. The molecule has 19 heavy (non-hydrogen) atoms. The lowest BCUT2D eigenvalue weighted by molar-refractivity contribution is 0.0924. The van der Waals surface area contributed by atoms with E-state index >= 15 is 0 Å². The summed E-state index contributed by atoms with van der Waals surface area (Å²) in [5.74, 6) is -0.374. The normalized spacial score (nSPS) is 17.1. The van der Waals surface area contributed by atoms with E-state index < -0.39 is 5.54 Å². The second kappa shape index (κ2) is 5.35. The number of hydrogen-bond donors (Lipinski definition) is 3. The number of thiocarbonyl (C=S) groups is 1. The molecule has 4 nitrogen and oxygen atoms in total. The van der Waals surface area contributed by atoms with Crippen molar-refractivity contribution in [3.63, 3.8) is 0 Å². The van der Waals surface area contributed by atoms with Gasteiger partial charge in [0.05, 0.1) is 21.1 Å². The summed E-state index contributed by atoms with van der Waals surface area (Å²) >= 11 is 11.0. The standard InChI is InChI=1S/C13H15ClN2O2S/c14-10-4-3-8(17)7-9(10)11(18)16-13(12(15)19)5-1-2-6-13/h3-4,7,17H,1-2,5-6H2,(H2,15,19)(H,16,18). The molecule has 0 spiro atoms. The number of nitrogens with one attached hydrogen (secondary N) is 1. The smallest absolute Gasteiger partial charge is 0.253 e. The van der Waals surface area contributed by atoms with E-state index in [0.717, 1.165) is 25.7 Å². The number of hydrogen-bond acceptors (Lipinski definition) is 3. The van der Waals surface area contributed by atoms with Gasteiger partial charge in [-0.15, -0.1) is 0 Å². The van der Waals surface area contributed by atoms with Gasteiger partial charge in [-0.2, -0.15) is 0 Å². The number of phenolic OH excluding ortho intramolecular Hbond substituents is 1. The van der Waals surface area contributed by atoms with Crippen LogP contribution in [0.15, 0.2) is 18.2 Å². The van der Waals surface area contributed by atoms with Gasteiger partial charge in [-0.05, 0) is 31.0 Å². The monoisotopic (exact) mass is 298 g/mol. The first kappa shape index (κ1) is 14.1. The van der Waals surface area contributed by atoms with Gasteiger partial charge in [0.2, 0.25) is 0 Å². The minimum Gasteiger partial charge on any atom is -0.508 e. The van der Waals surface area contributed by atoms with Gasteiger partial charge in [0.25, 0.3) is 5.91 Å². The van der Waals surface area contributed by atoms with E-state index in [1.807, 2.05) is 0 Å². The summed E-state index contributed by atoms with van der Waals surface area (Å²) in [7, 11) is 0. The fourth-order valence-corrected chi connectivity index (χ4v) is 2.84. The second-order valence-corrected chi connectivity index (χ2v) is 5.62. The van der Waals surface area contributed by atoms with Gasteiger partial charge in [0.1, 0.15) is 5.75 Å². The van der Waals surface area contributed by atoms with Crippen LogP contribution in [0.25, 0.3) is 0 Å². The van der Waals surface area contributed by atoms with Crippen LogP contribution >= 0.6 is 23.8 Å². The number of nitrogens with two attached hydrogens (primary N) is 1. The molecule has 0 heterocycles. The first-order chi connectivity index (χ1) is 8.94. The first-order valence-electron chi connectivity index (χ1n) is 6.05. The average Bonchev–Trinajstić information content (AvgIpc) is 2.82. The Kier molecular flexibility index (Phi) is 3.96. The molecule has 0 atom stereocenters. The first-order valence-corrected chi connectivity index (χ1v) is 6.84. The Morgan fingerprint density at radius 3 is 2.63 bits per heavy atom. The number of benzene rings is 1. The molecular formula is C13H15ClN2O2S. The van der Waals surface area contributed by atoms with Gasteiger partial charge < -0.3 is 16.2 Å². The van der Waals surface area contributed by atoms with Gasteiger partial charge >= 0.3 is 0 Å². The van der Waals surface area contributed by atoms with Crippen molar-refractivity contribution in [2.75, 3.05) is 0 Å². The lowest BCUT2D eigenvalue weighted by Crippen LogP contribution is -2.54. The molecule has 0 aromatic heterocycles. The predicted molar refractivity (Wildman–Crippen MR) is 78.6 cm³/mol.